The maximum absolute atomic E-state index is 13.3. The van der Waals surface area contributed by atoms with Gasteiger partial charge in [0, 0.05) is 41.2 Å². The second kappa shape index (κ2) is 41.4. The molecule has 6 aliphatic carbocycles. The molecule has 6 aliphatic rings. The number of fused-ring (bicyclic) bond motifs is 6. The molecular weight excluding hydrogens is 1340 g/mol. The molecule has 0 N–H and O–H groups in total. The van der Waals surface area contributed by atoms with Crippen LogP contribution in [0.4, 0.5) is 92.2 Å². The smallest absolute Gasteiger partial charge is 0.411 e. The van der Waals surface area contributed by atoms with Gasteiger partial charge in [0.2, 0.25) is 0 Å². The molecule has 0 spiro atoms. The summed E-state index contributed by atoms with van der Waals surface area (Å²) in [6.45, 7) is 12.0. The normalized spacial score (nSPS) is 24.5. The van der Waals surface area contributed by atoms with Crippen molar-refractivity contribution in [1.82, 2.24) is 0 Å². The van der Waals surface area contributed by atoms with Crippen LogP contribution in [-0.4, -0.2) is 146 Å². The molecule has 0 saturated heterocycles. The van der Waals surface area contributed by atoms with Crippen molar-refractivity contribution < 1.29 is 134 Å². The van der Waals surface area contributed by atoms with Gasteiger partial charge in [0.05, 0.1) is 0 Å². The molecule has 6 bridgehead atoms. The van der Waals surface area contributed by atoms with Crippen molar-refractivity contribution in [3.63, 3.8) is 0 Å². The SMILES string of the molecule is C.C.C.C.C.C.CCOCOC(C)(CC1CC2CCC1C2)C(F)(F)F.CCOCOC(CC1CC2CCC1C2)(C(F)(F)F)C(F)(F)F.CCOCOC(CC1CC2CCC1C2)C(F)(F)F.CO[Si](C)(C)C(F)(F)F.CO[Si](C)(C)C(F)(F)F.CO[Si](C)(C)C(F)(F)F. The maximum Gasteiger partial charge on any atom is 0.426 e. The summed E-state index contributed by atoms with van der Waals surface area (Å²) < 4.78 is 306. The minimum atomic E-state index is -5.52. The highest BCUT2D eigenvalue weighted by molar-refractivity contribution is 6.73. The van der Waals surface area contributed by atoms with Gasteiger partial charge in [-0.2, -0.15) is 92.2 Å². The zero-order valence-corrected chi connectivity index (χ0v) is 54.2. The van der Waals surface area contributed by atoms with Gasteiger partial charge < -0.3 is 41.7 Å². The van der Waals surface area contributed by atoms with E-state index in [4.69, 9.17) is 18.9 Å². The van der Waals surface area contributed by atoms with E-state index in [-0.39, 0.29) is 101 Å². The van der Waals surface area contributed by atoms with Gasteiger partial charge in [-0.1, -0.05) is 63.8 Å². The van der Waals surface area contributed by atoms with E-state index in [1.165, 1.54) is 19.8 Å². The van der Waals surface area contributed by atoms with E-state index in [2.05, 4.69) is 22.8 Å². The molecule has 0 aliphatic heterocycles. The Morgan fingerprint density at radius 1 is 0.380 bits per heavy atom. The third kappa shape index (κ3) is 30.5. The van der Waals surface area contributed by atoms with E-state index in [9.17, 15) is 92.2 Å². The van der Waals surface area contributed by atoms with Crippen LogP contribution >= 0.6 is 0 Å². The molecule has 0 heterocycles. The van der Waals surface area contributed by atoms with E-state index in [0.717, 1.165) is 119 Å². The average molecular weight is 1450 g/mol. The fourth-order valence-corrected chi connectivity index (χ4v) is 12.0. The van der Waals surface area contributed by atoms with Gasteiger partial charge in [-0.15, -0.1) is 0 Å². The molecule has 0 amide bonds. The summed E-state index contributed by atoms with van der Waals surface area (Å²) in [7, 11) is -6.85. The molecule has 0 aromatic rings. The van der Waals surface area contributed by atoms with Gasteiger partial charge in [-0.05, 0) is 197 Å². The Morgan fingerprint density at radius 2 is 0.674 bits per heavy atom. The highest BCUT2D eigenvalue weighted by atomic mass is 28.4. The highest BCUT2D eigenvalue weighted by Crippen LogP contribution is 2.57. The monoisotopic (exact) mass is 1450 g/mol. The lowest BCUT2D eigenvalue weighted by atomic mass is 9.79. The standard InChI is InChI=1S/C14H20F6O2.C14H23F3O2.C13H21F3O2.3C4H9F3OSi.6CH4/c1-2-21-8-22-12(13(15,16)17,14(18,19)20)7-11-6-9-3-4-10(11)5-9;1-3-18-9-19-13(2,14(15,16)17)8-12-7-10-4-5-11(12)6-10;1-2-17-8-18-12(13(14,15)16)7-11-6-9-3-4-10(11)5-9;3*1-8-9(2,3)4(5,6)7;;;;;;/h9-11H,2-8H2,1H3;10-12H,3-9H2,1-2H3;9-12H,2-8H2,1H3;3*1-3H3;6*1H4. The Balaban J connectivity index is -0.000000247. The molecule has 92 heavy (non-hydrogen) atoms. The Bertz CT molecular complexity index is 1830. The fourth-order valence-electron chi connectivity index (χ4n) is 11.3. The number of hydrogen-bond donors (Lipinski definition) is 0. The zero-order chi connectivity index (χ0) is 67.0. The quantitative estimate of drug-likeness (QED) is 0.0483. The Labute approximate surface area is 539 Å². The van der Waals surface area contributed by atoms with Gasteiger partial charge >= 0.3 is 67.1 Å². The summed E-state index contributed by atoms with van der Waals surface area (Å²) >= 11 is 0. The average Bonchev–Trinajstić information content (AvgIpc) is 1.13. The lowest BCUT2D eigenvalue weighted by Crippen LogP contribution is -2.60. The van der Waals surface area contributed by atoms with E-state index >= 15 is 0 Å². The van der Waals surface area contributed by atoms with Crippen molar-refractivity contribution in [2.24, 2.45) is 53.3 Å². The molecule has 6 fully saturated rings. The first kappa shape index (κ1) is 102. The van der Waals surface area contributed by atoms with Crippen LogP contribution in [0.5, 0.6) is 0 Å². The molecule has 564 valence electrons. The highest BCUT2D eigenvalue weighted by Gasteiger charge is 2.73. The summed E-state index contributed by atoms with van der Waals surface area (Å²) in [5, 5.41) is 0. The first-order chi connectivity index (χ1) is 38.9. The first-order valence-corrected chi connectivity index (χ1v) is 37.4. The molecule has 0 radical (unpaired) electrons. The van der Waals surface area contributed by atoms with Crippen LogP contribution in [0.2, 0.25) is 39.3 Å². The van der Waals surface area contributed by atoms with Crippen molar-refractivity contribution >= 4 is 25.0 Å². The second-order valence-corrected chi connectivity index (χ2v) is 36.4. The third-order valence-corrected chi connectivity index (χ3v) is 24.8. The molecule has 0 aromatic carbocycles. The number of rotatable bonds is 21. The molecule has 0 aromatic heterocycles. The zero-order valence-electron chi connectivity index (χ0n) is 51.2. The van der Waals surface area contributed by atoms with Crippen LogP contribution in [0.3, 0.4) is 0 Å². The maximum atomic E-state index is 13.3. The fraction of sp³-hybridized carbons (Fsp3) is 1.00. The number of hydrogen-bond acceptors (Lipinski definition) is 9. The van der Waals surface area contributed by atoms with Crippen LogP contribution in [0.25, 0.3) is 0 Å². The van der Waals surface area contributed by atoms with Crippen molar-refractivity contribution in [2.45, 2.75) is 267 Å². The topological polar surface area (TPSA) is 83.1 Å². The lowest BCUT2D eigenvalue weighted by molar-refractivity contribution is -0.398. The van der Waals surface area contributed by atoms with Crippen LogP contribution in [0.1, 0.15) is 169 Å². The first-order valence-electron chi connectivity index (χ1n) is 28.6. The summed E-state index contributed by atoms with van der Waals surface area (Å²) in [4.78, 5) is 0. The number of alkyl halides is 21. The molecule has 6 saturated carbocycles. The molecule has 11 atom stereocenters. The van der Waals surface area contributed by atoms with Gasteiger partial charge in [0.25, 0.3) is 5.60 Å². The Hall–Kier alpha value is -1.18. The van der Waals surface area contributed by atoms with Crippen molar-refractivity contribution in [3.05, 3.63) is 0 Å². The van der Waals surface area contributed by atoms with Crippen LogP contribution < -0.4 is 0 Å². The van der Waals surface area contributed by atoms with Crippen molar-refractivity contribution in [2.75, 3.05) is 61.5 Å². The minimum Gasteiger partial charge on any atom is -0.411 e. The second-order valence-electron chi connectivity index (χ2n) is 24.5. The van der Waals surface area contributed by atoms with Gasteiger partial charge in [-0.3, -0.25) is 0 Å². The summed E-state index contributed by atoms with van der Waals surface area (Å²) in [5.74, 6) is -10.2. The summed E-state index contributed by atoms with van der Waals surface area (Å²) in [6.07, 6.45) is -10.7. The molecule has 11 unspecified atom stereocenters. The van der Waals surface area contributed by atoms with Gasteiger partial charge in [-0.25, -0.2) is 0 Å². The van der Waals surface area contributed by atoms with Crippen LogP contribution in [0.15, 0.2) is 0 Å². The molecule has 6 rings (SSSR count). The largest absolute Gasteiger partial charge is 0.426 e. The predicted molar refractivity (Wildman–Crippen MR) is 325 cm³/mol. The van der Waals surface area contributed by atoms with E-state index in [0.29, 0.717) is 49.7 Å². The summed E-state index contributed by atoms with van der Waals surface area (Å²) in [5.41, 5.74) is -6.21. The Kier molecular flexibility index (Phi) is 45.8. The lowest BCUT2D eigenvalue weighted by Gasteiger charge is -2.40. The number of halogens is 21. The third-order valence-electron chi connectivity index (χ3n) is 17.6. The summed E-state index contributed by atoms with van der Waals surface area (Å²) in [6, 6.07) is 0. The van der Waals surface area contributed by atoms with Crippen LogP contribution in [-0.2, 0) is 41.7 Å². The molecular formula is C59H115F21O9Si3. The van der Waals surface area contributed by atoms with Crippen molar-refractivity contribution in [1.29, 1.82) is 0 Å². The van der Waals surface area contributed by atoms with E-state index < -0.39 is 103 Å². The Morgan fingerprint density at radius 3 is 0.902 bits per heavy atom. The predicted octanol–water partition coefficient (Wildman–Crippen LogP) is 22.2. The van der Waals surface area contributed by atoms with Gasteiger partial charge in [0.1, 0.15) is 20.4 Å². The van der Waals surface area contributed by atoms with Gasteiger partial charge in [0.15, 0.2) is 11.7 Å². The molecule has 33 heteroatoms. The van der Waals surface area contributed by atoms with Crippen LogP contribution in [0, 0.1) is 53.3 Å². The van der Waals surface area contributed by atoms with E-state index in [1.54, 1.807) is 13.8 Å². The minimum absolute atomic E-state index is 0. The van der Waals surface area contributed by atoms with E-state index in [1.807, 2.05) is 0 Å². The van der Waals surface area contributed by atoms with Crippen molar-refractivity contribution in [3.8, 4) is 0 Å². The molecule has 9 nitrogen and oxygen atoms in total. The number of ether oxygens (including phenoxy) is 6.